The van der Waals surface area contributed by atoms with Crippen LogP contribution in [0.1, 0.15) is 58.9 Å². The first-order valence-corrected chi connectivity index (χ1v) is 13.9. The molecule has 0 aliphatic carbocycles. The minimum Gasteiger partial charge on any atom is -0.377 e. The highest BCUT2D eigenvalue weighted by atomic mass is 32.2. The van der Waals surface area contributed by atoms with E-state index in [1.54, 1.807) is 6.07 Å². The number of morpholine rings is 1. The van der Waals surface area contributed by atoms with E-state index in [4.69, 9.17) is 9.47 Å². The largest absolute Gasteiger partial charge is 0.377 e. The molecule has 0 saturated carbocycles. The van der Waals surface area contributed by atoms with Gasteiger partial charge < -0.3 is 19.7 Å². The smallest absolute Gasteiger partial charge is 0.245 e. The molecule has 0 unspecified atom stereocenters. The maximum atomic E-state index is 14.0. The second-order valence-electron chi connectivity index (χ2n) is 10.7. The van der Waals surface area contributed by atoms with E-state index in [-0.39, 0.29) is 34.5 Å². The summed E-state index contributed by atoms with van der Waals surface area (Å²) in [6.45, 7) is 12.1. The van der Waals surface area contributed by atoms with Crippen LogP contribution < -0.4 is 10.2 Å². The Kier molecular flexibility index (Phi) is 7.29. The van der Waals surface area contributed by atoms with Crippen molar-refractivity contribution in [3.05, 3.63) is 23.8 Å². The lowest BCUT2D eigenvalue weighted by molar-refractivity contribution is -0.127. The van der Waals surface area contributed by atoms with Gasteiger partial charge in [-0.1, -0.05) is 6.07 Å². The quantitative estimate of drug-likeness (QED) is 0.679. The van der Waals surface area contributed by atoms with Crippen molar-refractivity contribution >= 4 is 21.6 Å². The number of amides is 1. The molecule has 1 aromatic carbocycles. The molecule has 4 rings (SSSR count). The zero-order chi connectivity index (χ0) is 24.7. The number of carbonyl (C=O) groups excluding carboxylic acids is 1. The summed E-state index contributed by atoms with van der Waals surface area (Å²) in [6, 6.07) is 4.88. The summed E-state index contributed by atoms with van der Waals surface area (Å²) in [6.07, 6.45) is 2.65. The lowest BCUT2D eigenvalue weighted by Gasteiger charge is -2.42. The maximum Gasteiger partial charge on any atom is 0.245 e. The van der Waals surface area contributed by atoms with E-state index in [1.165, 1.54) is 4.31 Å². The van der Waals surface area contributed by atoms with Crippen LogP contribution in [0.3, 0.4) is 0 Å². The number of ether oxygens (including phenoxy) is 2. The number of carbonyl (C=O) groups is 1. The van der Waals surface area contributed by atoms with Gasteiger partial charge in [-0.3, -0.25) is 4.79 Å². The minimum atomic E-state index is -3.87. The van der Waals surface area contributed by atoms with Crippen molar-refractivity contribution < 1.29 is 22.7 Å². The third kappa shape index (κ3) is 5.12. The number of nitrogens with one attached hydrogen (secondary N) is 1. The lowest BCUT2D eigenvalue weighted by atomic mass is 9.93. The van der Waals surface area contributed by atoms with Crippen LogP contribution in [-0.4, -0.2) is 74.8 Å². The summed E-state index contributed by atoms with van der Waals surface area (Å²) in [5.41, 5.74) is 1.40. The number of benzene rings is 1. The van der Waals surface area contributed by atoms with E-state index in [9.17, 15) is 13.2 Å². The topological polar surface area (TPSA) is 88.2 Å². The Labute approximate surface area is 204 Å². The van der Waals surface area contributed by atoms with Gasteiger partial charge in [0.2, 0.25) is 15.9 Å². The van der Waals surface area contributed by atoms with Crippen molar-refractivity contribution in [2.75, 3.05) is 31.3 Å². The van der Waals surface area contributed by atoms with Crippen LogP contribution >= 0.6 is 0 Å². The molecule has 0 spiro atoms. The maximum absolute atomic E-state index is 14.0. The zero-order valence-corrected chi connectivity index (χ0v) is 21.9. The van der Waals surface area contributed by atoms with Crippen molar-refractivity contribution in [3.63, 3.8) is 0 Å². The van der Waals surface area contributed by atoms with Crippen molar-refractivity contribution in [2.45, 2.75) is 95.0 Å². The highest BCUT2D eigenvalue weighted by Gasteiger charge is 2.42. The van der Waals surface area contributed by atoms with Gasteiger partial charge in [0.05, 0.1) is 24.5 Å². The van der Waals surface area contributed by atoms with Gasteiger partial charge in [0.1, 0.15) is 10.9 Å². The third-order valence-corrected chi connectivity index (χ3v) is 9.15. The summed E-state index contributed by atoms with van der Waals surface area (Å²) < 4.78 is 40.9. The number of aryl methyl sites for hydroxylation is 1. The monoisotopic (exact) mass is 493 g/mol. The van der Waals surface area contributed by atoms with Crippen LogP contribution in [-0.2, 0) is 24.3 Å². The number of anilines is 1. The van der Waals surface area contributed by atoms with Crippen molar-refractivity contribution in [1.82, 2.24) is 9.62 Å². The summed E-state index contributed by atoms with van der Waals surface area (Å²) in [5, 5.41) is 3.12. The average molecular weight is 494 g/mol. The molecular weight excluding hydrogens is 454 g/mol. The average Bonchev–Trinajstić information content (AvgIpc) is 3.24. The first-order valence-electron chi connectivity index (χ1n) is 12.4. The summed E-state index contributed by atoms with van der Waals surface area (Å²) in [5.74, 6) is -0.203. The van der Waals surface area contributed by atoms with Crippen LogP contribution in [0, 0.1) is 6.92 Å². The third-order valence-electron chi connectivity index (χ3n) is 7.20. The van der Waals surface area contributed by atoms with Gasteiger partial charge in [0, 0.05) is 31.3 Å². The second kappa shape index (κ2) is 9.76. The van der Waals surface area contributed by atoms with Crippen LogP contribution in [0.5, 0.6) is 0 Å². The summed E-state index contributed by atoms with van der Waals surface area (Å²) in [4.78, 5) is 15.7. The van der Waals surface area contributed by atoms with Crippen molar-refractivity contribution in [1.29, 1.82) is 0 Å². The number of rotatable bonds is 5. The number of nitrogens with zero attached hydrogens (tertiary/aromatic N) is 2. The number of sulfonamides is 1. The van der Waals surface area contributed by atoms with Gasteiger partial charge >= 0.3 is 0 Å². The van der Waals surface area contributed by atoms with E-state index >= 15 is 0 Å². The van der Waals surface area contributed by atoms with E-state index in [2.05, 4.69) is 24.1 Å². The van der Waals surface area contributed by atoms with Crippen LogP contribution in [0.4, 0.5) is 5.69 Å². The van der Waals surface area contributed by atoms with Crippen LogP contribution in [0.2, 0.25) is 0 Å². The number of hydrogen-bond donors (Lipinski definition) is 1. The second-order valence-corrected chi connectivity index (χ2v) is 12.6. The first kappa shape index (κ1) is 25.4. The Balaban J connectivity index is 1.61. The van der Waals surface area contributed by atoms with Gasteiger partial charge in [-0.25, -0.2) is 8.42 Å². The fourth-order valence-electron chi connectivity index (χ4n) is 5.59. The van der Waals surface area contributed by atoms with Gasteiger partial charge in [-0.15, -0.1) is 0 Å². The molecule has 1 N–H and O–H groups in total. The molecule has 1 amide bonds. The van der Waals surface area contributed by atoms with Gasteiger partial charge in [-0.05, 0) is 78.0 Å². The molecule has 3 heterocycles. The van der Waals surface area contributed by atoms with Crippen molar-refractivity contribution in [3.8, 4) is 0 Å². The Morgan fingerprint density at radius 1 is 1.15 bits per heavy atom. The first-order chi connectivity index (χ1) is 16.0. The molecule has 0 bridgehead atoms. The van der Waals surface area contributed by atoms with E-state index < -0.39 is 16.1 Å². The molecule has 4 atom stereocenters. The molecular formula is C25H39N3O5S. The standard InChI is InChI=1S/C25H39N3O5S/c1-17-8-9-23(22(13-17)28-18(2)15-32-16-19(28)3)34(30,31)27-11-6-7-21(27)24(29)26-20-10-12-33-25(4,5)14-20/h8-9,13,18-21H,6-7,10-12,14-16H2,1-5H3,(H,26,29)/t18-,19-,20+,21-/m0/s1. The van der Waals surface area contributed by atoms with Gasteiger partial charge in [0.15, 0.2) is 0 Å². The van der Waals surface area contributed by atoms with E-state index in [1.807, 2.05) is 32.9 Å². The Morgan fingerprint density at radius 2 is 1.85 bits per heavy atom. The predicted octanol–water partition coefficient (Wildman–Crippen LogP) is 2.84. The SMILES string of the molecule is Cc1ccc(S(=O)(=O)N2CCC[C@H]2C(=O)N[C@@H]2CCOC(C)(C)C2)c(N2[C@@H](C)COC[C@@H]2C)c1. The van der Waals surface area contributed by atoms with Gasteiger partial charge in [0.25, 0.3) is 0 Å². The highest BCUT2D eigenvalue weighted by molar-refractivity contribution is 7.89. The van der Waals surface area contributed by atoms with E-state index in [0.717, 1.165) is 12.0 Å². The number of hydrogen-bond acceptors (Lipinski definition) is 6. The lowest BCUT2D eigenvalue weighted by Crippen LogP contribution is -2.52. The van der Waals surface area contributed by atoms with Crippen molar-refractivity contribution in [2.24, 2.45) is 0 Å². The molecule has 1 aromatic rings. The molecule has 0 radical (unpaired) electrons. The normalized spacial score (nSPS) is 30.3. The summed E-state index contributed by atoms with van der Waals surface area (Å²) >= 11 is 0. The van der Waals surface area contributed by atoms with Crippen LogP contribution in [0.15, 0.2) is 23.1 Å². The molecule has 3 aliphatic rings. The zero-order valence-electron chi connectivity index (χ0n) is 21.0. The van der Waals surface area contributed by atoms with E-state index in [0.29, 0.717) is 51.3 Å². The fraction of sp³-hybridized carbons (Fsp3) is 0.720. The van der Waals surface area contributed by atoms with Crippen LogP contribution in [0.25, 0.3) is 0 Å². The fourth-order valence-corrected chi connectivity index (χ4v) is 7.42. The predicted molar refractivity (Wildman–Crippen MR) is 132 cm³/mol. The molecule has 9 heteroatoms. The molecule has 0 aromatic heterocycles. The molecule has 8 nitrogen and oxygen atoms in total. The molecule has 3 aliphatic heterocycles. The Hall–Kier alpha value is -1.68. The molecule has 34 heavy (non-hydrogen) atoms. The molecule has 3 fully saturated rings. The summed E-state index contributed by atoms with van der Waals surface area (Å²) in [7, 11) is -3.87. The molecule has 190 valence electrons. The van der Waals surface area contributed by atoms with Gasteiger partial charge in [-0.2, -0.15) is 4.31 Å². The Bertz CT molecular complexity index is 1000. The highest BCUT2D eigenvalue weighted by Crippen LogP contribution is 2.36. The minimum absolute atomic E-state index is 0.00797. The Morgan fingerprint density at radius 3 is 2.53 bits per heavy atom. The molecule has 3 saturated heterocycles.